The fraction of sp³-hybridized carbons (Fsp3) is 0.381. The molecule has 0 aliphatic rings. The van der Waals surface area contributed by atoms with E-state index >= 15 is 0 Å². The smallest absolute Gasteiger partial charge is 0.195 e. The maximum absolute atomic E-state index is 5.90. The largest absolute Gasteiger partial charge is 0.493 e. The van der Waals surface area contributed by atoms with E-state index in [-0.39, 0.29) is 0 Å². The highest BCUT2D eigenvalue weighted by molar-refractivity contribution is 7.09. The van der Waals surface area contributed by atoms with Gasteiger partial charge in [0.2, 0.25) is 0 Å². The minimum absolute atomic E-state index is 0.320. The number of aromatic nitrogens is 1. The van der Waals surface area contributed by atoms with Crippen LogP contribution in [0.25, 0.3) is 0 Å². The Hall–Kier alpha value is -2.35. The van der Waals surface area contributed by atoms with Crippen molar-refractivity contribution < 1.29 is 24.1 Å². The summed E-state index contributed by atoms with van der Waals surface area (Å²) >= 11 is 1.63. The Morgan fingerprint density at radius 1 is 1.25 bits per heavy atom. The van der Waals surface area contributed by atoms with Gasteiger partial charge < -0.3 is 24.1 Å². The molecule has 1 atom stereocenters. The standard InChI is InChI=1S/C21H27N3O3S/c1-15-23-17(14-28-15)13-27-20-8-7-16(10-21(20)25-4)11-22-12-18(24(2)3)19-6-5-9-26-19/h5-10,14,18,22H,11-13H2,1-4H3/p+2/t18-/m0/s1. The van der Waals surface area contributed by atoms with Crippen molar-refractivity contribution in [2.45, 2.75) is 26.1 Å². The van der Waals surface area contributed by atoms with Crippen molar-refractivity contribution in [1.82, 2.24) is 4.98 Å². The summed E-state index contributed by atoms with van der Waals surface area (Å²) < 4.78 is 17.0. The lowest BCUT2D eigenvalue weighted by Crippen LogP contribution is -3.09. The van der Waals surface area contributed by atoms with Crippen molar-refractivity contribution in [1.29, 1.82) is 0 Å². The first-order chi connectivity index (χ1) is 13.6. The molecular formula is C21H29N3O3S+2. The second-order valence-electron chi connectivity index (χ2n) is 7.01. The Balaban J connectivity index is 1.57. The lowest BCUT2D eigenvalue weighted by Gasteiger charge is -2.18. The van der Waals surface area contributed by atoms with E-state index in [0.717, 1.165) is 41.1 Å². The van der Waals surface area contributed by atoms with Crippen molar-refractivity contribution >= 4 is 11.3 Å². The third kappa shape index (κ3) is 5.34. The van der Waals surface area contributed by atoms with Crippen LogP contribution in [-0.4, -0.2) is 32.7 Å². The molecule has 0 radical (unpaired) electrons. The zero-order valence-corrected chi connectivity index (χ0v) is 17.7. The minimum Gasteiger partial charge on any atom is -0.493 e. The third-order valence-corrected chi connectivity index (χ3v) is 5.46. The lowest BCUT2D eigenvalue weighted by atomic mass is 10.1. The number of likely N-dealkylation sites (N-methyl/N-ethyl adjacent to an activating group) is 1. The normalized spacial score (nSPS) is 12.3. The predicted octanol–water partition coefficient (Wildman–Crippen LogP) is 1.58. The molecule has 0 bridgehead atoms. The number of nitrogens with zero attached hydrogens (tertiary/aromatic N) is 1. The van der Waals surface area contributed by atoms with Gasteiger partial charge in [-0.1, -0.05) is 0 Å². The summed E-state index contributed by atoms with van der Waals surface area (Å²) in [6.07, 6.45) is 1.74. The number of benzene rings is 1. The molecule has 3 aromatic rings. The van der Waals surface area contributed by atoms with Gasteiger partial charge in [-0.2, -0.15) is 0 Å². The number of hydrogen-bond donors (Lipinski definition) is 2. The fourth-order valence-electron chi connectivity index (χ4n) is 3.13. The first kappa shape index (κ1) is 20.4. The molecule has 0 fully saturated rings. The molecule has 0 saturated heterocycles. The first-order valence-electron chi connectivity index (χ1n) is 9.42. The molecule has 0 aliphatic heterocycles. The van der Waals surface area contributed by atoms with E-state index in [0.29, 0.717) is 12.6 Å². The van der Waals surface area contributed by atoms with Crippen molar-refractivity contribution in [3.63, 3.8) is 0 Å². The first-order valence-corrected chi connectivity index (χ1v) is 10.3. The van der Waals surface area contributed by atoms with E-state index < -0.39 is 0 Å². The van der Waals surface area contributed by atoms with Gasteiger partial charge in [0, 0.05) is 10.9 Å². The number of ether oxygens (including phenoxy) is 2. The number of nitrogens with two attached hydrogens (primary N) is 1. The fourth-order valence-corrected chi connectivity index (χ4v) is 3.72. The molecule has 0 aliphatic carbocycles. The number of furan rings is 1. The molecule has 28 heavy (non-hydrogen) atoms. The zero-order chi connectivity index (χ0) is 19.9. The molecular weight excluding hydrogens is 374 g/mol. The Bertz CT molecular complexity index is 862. The van der Waals surface area contributed by atoms with Gasteiger partial charge >= 0.3 is 0 Å². The average Bonchev–Trinajstić information content (AvgIpc) is 3.35. The van der Waals surface area contributed by atoms with Gasteiger partial charge in [-0.3, -0.25) is 0 Å². The van der Waals surface area contributed by atoms with E-state index in [1.807, 2.05) is 36.6 Å². The van der Waals surface area contributed by atoms with Crippen LogP contribution in [0.15, 0.2) is 46.4 Å². The number of quaternary nitrogens is 2. The monoisotopic (exact) mass is 403 g/mol. The van der Waals surface area contributed by atoms with Gasteiger partial charge in [0.1, 0.15) is 19.7 Å². The van der Waals surface area contributed by atoms with Crippen LogP contribution in [0.4, 0.5) is 0 Å². The number of aryl methyl sites for hydroxylation is 1. The number of hydrogen-bond acceptors (Lipinski definition) is 5. The molecule has 0 spiro atoms. The summed E-state index contributed by atoms with van der Waals surface area (Å²) in [6, 6.07) is 10.4. The van der Waals surface area contributed by atoms with Crippen molar-refractivity contribution in [3.05, 3.63) is 64.0 Å². The van der Waals surface area contributed by atoms with Gasteiger partial charge in [-0.15, -0.1) is 11.3 Å². The Kier molecular flexibility index (Phi) is 7.08. The predicted molar refractivity (Wildman–Crippen MR) is 109 cm³/mol. The molecule has 0 saturated carbocycles. The molecule has 2 heterocycles. The van der Waals surface area contributed by atoms with Crippen LogP contribution in [0.5, 0.6) is 11.5 Å². The van der Waals surface area contributed by atoms with Crippen LogP contribution < -0.4 is 19.7 Å². The maximum Gasteiger partial charge on any atom is 0.195 e. The summed E-state index contributed by atoms with van der Waals surface area (Å²) in [5.41, 5.74) is 2.14. The third-order valence-electron chi connectivity index (χ3n) is 4.64. The highest BCUT2D eigenvalue weighted by atomic mass is 32.1. The number of thiazole rings is 1. The molecule has 7 heteroatoms. The van der Waals surface area contributed by atoms with Crippen LogP contribution in [0.3, 0.4) is 0 Å². The molecule has 2 aromatic heterocycles. The van der Waals surface area contributed by atoms with E-state index in [9.17, 15) is 0 Å². The second-order valence-corrected chi connectivity index (χ2v) is 8.07. The summed E-state index contributed by atoms with van der Waals surface area (Å²) in [5, 5.41) is 5.37. The van der Waals surface area contributed by atoms with Crippen molar-refractivity contribution in [2.75, 3.05) is 27.7 Å². The maximum atomic E-state index is 5.90. The number of rotatable bonds is 10. The highest BCUT2D eigenvalue weighted by Crippen LogP contribution is 2.28. The highest BCUT2D eigenvalue weighted by Gasteiger charge is 2.22. The molecule has 3 N–H and O–H groups in total. The summed E-state index contributed by atoms with van der Waals surface area (Å²) in [4.78, 5) is 5.78. The zero-order valence-electron chi connectivity index (χ0n) is 16.9. The summed E-state index contributed by atoms with van der Waals surface area (Å²) in [5.74, 6) is 2.51. The van der Waals surface area contributed by atoms with Gasteiger partial charge in [0.05, 0.1) is 38.2 Å². The summed E-state index contributed by atoms with van der Waals surface area (Å²) in [7, 11) is 5.98. The Morgan fingerprint density at radius 2 is 2.11 bits per heavy atom. The minimum atomic E-state index is 0.320. The average molecular weight is 404 g/mol. The van der Waals surface area contributed by atoms with E-state index in [4.69, 9.17) is 13.9 Å². The van der Waals surface area contributed by atoms with Crippen LogP contribution in [0.1, 0.15) is 28.1 Å². The topological polar surface area (TPSA) is 65.5 Å². The quantitative estimate of drug-likeness (QED) is 0.540. The van der Waals surface area contributed by atoms with E-state index in [1.54, 1.807) is 24.7 Å². The SMILES string of the molecule is COc1cc(C[NH2+]C[C@@H](c2ccco2)[NH+](C)C)ccc1OCc1csc(C)n1. The molecule has 0 unspecified atom stereocenters. The van der Waals surface area contributed by atoms with E-state index in [2.05, 4.69) is 30.5 Å². The van der Waals surface area contributed by atoms with Crippen LogP contribution >= 0.6 is 11.3 Å². The van der Waals surface area contributed by atoms with Crippen molar-refractivity contribution in [3.8, 4) is 11.5 Å². The van der Waals surface area contributed by atoms with Gasteiger partial charge in [0.25, 0.3) is 0 Å². The summed E-state index contributed by atoms with van der Waals surface area (Å²) in [6.45, 7) is 4.25. The van der Waals surface area contributed by atoms with Crippen LogP contribution in [-0.2, 0) is 13.2 Å². The molecule has 0 amide bonds. The number of methoxy groups -OCH3 is 1. The van der Waals surface area contributed by atoms with Gasteiger partial charge in [0.15, 0.2) is 23.3 Å². The van der Waals surface area contributed by atoms with Crippen LogP contribution in [0.2, 0.25) is 0 Å². The molecule has 1 aromatic carbocycles. The van der Waals surface area contributed by atoms with Gasteiger partial charge in [-0.25, -0.2) is 4.98 Å². The molecule has 6 nitrogen and oxygen atoms in total. The lowest BCUT2D eigenvalue weighted by molar-refractivity contribution is -0.911. The van der Waals surface area contributed by atoms with Crippen molar-refractivity contribution in [2.24, 2.45) is 0 Å². The van der Waals surface area contributed by atoms with E-state index in [1.165, 1.54) is 10.5 Å². The second kappa shape index (κ2) is 9.73. The number of nitrogens with one attached hydrogen (secondary N) is 1. The molecule has 3 rings (SSSR count). The Labute approximate surface area is 170 Å². The Morgan fingerprint density at radius 3 is 2.75 bits per heavy atom. The van der Waals surface area contributed by atoms with Gasteiger partial charge in [-0.05, 0) is 37.3 Å². The molecule has 150 valence electrons. The van der Waals surface area contributed by atoms with Crippen LogP contribution in [0, 0.1) is 6.92 Å².